The van der Waals surface area contributed by atoms with Crippen LogP contribution >= 0.6 is 0 Å². The van der Waals surface area contributed by atoms with Crippen LogP contribution in [0, 0.1) is 44.6 Å². The molecule has 0 aromatic heterocycles. The van der Waals surface area contributed by atoms with Gasteiger partial charge < -0.3 is 5.32 Å². The Morgan fingerprint density at radius 1 is 1.05 bits per heavy atom. The van der Waals surface area contributed by atoms with Crippen LogP contribution in [0.3, 0.4) is 0 Å². The minimum absolute atomic E-state index is 0.00149. The fourth-order valence-electron chi connectivity index (χ4n) is 8.57. The number of hydrogen-bond donors (Lipinski definition) is 1. The first-order valence-electron chi connectivity index (χ1n) is 13.9. The van der Waals surface area contributed by atoms with E-state index in [0.29, 0.717) is 18.3 Å². The first kappa shape index (κ1) is 26.6. The second-order valence-electron chi connectivity index (χ2n) is 13.4. The number of imide groups is 1. The van der Waals surface area contributed by atoms with Gasteiger partial charge in [-0.15, -0.1) is 0 Å². The molecule has 4 aliphatic rings. The number of rotatable bonds is 3. The maximum absolute atomic E-state index is 13.7. The first-order chi connectivity index (χ1) is 17.8. The van der Waals surface area contributed by atoms with Crippen LogP contribution in [0.2, 0.25) is 0 Å². The van der Waals surface area contributed by atoms with Gasteiger partial charge in [-0.1, -0.05) is 32.1 Å². The van der Waals surface area contributed by atoms with Crippen molar-refractivity contribution in [1.29, 1.82) is 0 Å². The molecule has 0 saturated heterocycles. The molecule has 8 heteroatoms. The summed E-state index contributed by atoms with van der Waals surface area (Å²) in [4.78, 5) is 52.4. The molecule has 1 aromatic rings. The zero-order valence-corrected chi connectivity index (χ0v) is 23.0. The number of carbonyl (C=O) groups excluding carboxylic acids is 3. The average Bonchev–Trinajstić information content (AvgIpc) is 3.20. The second-order valence-corrected chi connectivity index (χ2v) is 13.4. The first-order valence-corrected chi connectivity index (χ1v) is 13.9. The van der Waals surface area contributed by atoms with Crippen LogP contribution in [0.4, 0.5) is 5.69 Å². The number of nitro groups is 1. The van der Waals surface area contributed by atoms with Crippen molar-refractivity contribution in [2.75, 3.05) is 0 Å². The summed E-state index contributed by atoms with van der Waals surface area (Å²) >= 11 is 0. The van der Waals surface area contributed by atoms with Crippen LogP contribution in [0.15, 0.2) is 36.4 Å². The third-order valence-electron chi connectivity index (χ3n) is 10.2. The number of nitrogens with one attached hydrogen (secondary N) is 1. The molecular weight excluding hydrogens is 482 g/mol. The van der Waals surface area contributed by atoms with Gasteiger partial charge in [0.2, 0.25) is 5.91 Å². The molecule has 204 valence electrons. The van der Waals surface area contributed by atoms with Gasteiger partial charge in [0.25, 0.3) is 17.5 Å². The lowest BCUT2D eigenvalue weighted by Crippen LogP contribution is -2.62. The lowest BCUT2D eigenvalue weighted by Gasteiger charge is -2.60. The molecule has 0 radical (unpaired) electrons. The van der Waals surface area contributed by atoms with Crippen LogP contribution in [0.1, 0.15) is 83.5 Å². The van der Waals surface area contributed by atoms with Gasteiger partial charge in [-0.05, 0) is 88.5 Å². The normalized spacial score (nSPS) is 36.2. The molecule has 7 atom stereocenters. The Hall–Kier alpha value is -3.03. The molecule has 38 heavy (non-hydrogen) atoms. The monoisotopic (exact) mass is 521 g/mol. The molecule has 4 unspecified atom stereocenters. The molecule has 3 fully saturated rings. The fourth-order valence-corrected chi connectivity index (χ4v) is 8.57. The molecule has 3 amide bonds. The minimum atomic E-state index is -0.596. The van der Waals surface area contributed by atoms with Crippen LogP contribution in [0.5, 0.6) is 0 Å². The quantitative estimate of drug-likeness (QED) is 0.331. The van der Waals surface area contributed by atoms with Gasteiger partial charge in [-0.3, -0.25) is 29.4 Å². The molecule has 8 nitrogen and oxygen atoms in total. The Kier molecular flexibility index (Phi) is 6.31. The van der Waals surface area contributed by atoms with Gasteiger partial charge >= 0.3 is 0 Å². The molecule has 5 rings (SSSR count). The molecule has 3 aliphatic carbocycles. The van der Waals surface area contributed by atoms with Gasteiger partial charge in [0.05, 0.1) is 4.92 Å². The topological polar surface area (TPSA) is 110 Å². The summed E-state index contributed by atoms with van der Waals surface area (Å²) < 4.78 is 0. The Morgan fingerprint density at radius 2 is 1.76 bits per heavy atom. The van der Waals surface area contributed by atoms with Gasteiger partial charge in [0.15, 0.2) is 0 Å². The van der Waals surface area contributed by atoms with E-state index < -0.39 is 22.2 Å². The van der Waals surface area contributed by atoms with Crippen LogP contribution < -0.4 is 5.32 Å². The summed E-state index contributed by atoms with van der Waals surface area (Å²) in [5.74, 6) is 0.248. The maximum atomic E-state index is 13.7. The average molecular weight is 522 g/mol. The molecule has 1 aromatic carbocycles. The second kappa shape index (κ2) is 9.02. The number of nitro benzene ring substituents is 1. The Morgan fingerprint density at radius 3 is 2.45 bits per heavy atom. The summed E-state index contributed by atoms with van der Waals surface area (Å²) in [6.45, 7) is 10.5. The van der Waals surface area contributed by atoms with Crippen molar-refractivity contribution in [1.82, 2.24) is 10.2 Å². The highest BCUT2D eigenvalue weighted by Gasteiger charge is 2.62. The molecule has 0 spiro atoms. The van der Waals surface area contributed by atoms with Gasteiger partial charge in [0, 0.05) is 35.1 Å². The molecule has 3 saturated carbocycles. The smallest absolute Gasteiger partial charge is 0.282 e. The van der Waals surface area contributed by atoms with E-state index in [0.717, 1.165) is 32.1 Å². The largest absolute Gasteiger partial charge is 0.351 e. The number of para-hydroxylation sites is 1. The highest BCUT2D eigenvalue weighted by atomic mass is 16.6. The highest BCUT2D eigenvalue weighted by molar-refractivity contribution is 6.10. The van der Waals surface area contributed by atoms with Crippen LogP contribution in [0.25, 0.3) is 0 Å². The van der Waals surface area contributed by atoms with Crippen LogP contribution in [-0.2, 0) is 9.59 Å². The molecule has 0 bridgehead atoms. The summed E-state index contributed by atoms with van der Waals surface area (Å²) in [5.41, 5.74) is -1.08. The zero-order valence-electron chi connectivity index (χ0n) is 23.0. The van der Waals surface area contributed by atoms with Crippen molar-refractivity contribution in [3.63, 3.8) is 0 Å². The predicted octanol–water partition coefficient (Wildman–Crippen LogP) is 5.28. The third-order valence-corrected chi connectivity index (χ3v) is 10.2. The summed E-state index contributed by atoms with van der Waals surface area (Å²) in [6, 6.07) is 5.51. The third kappa shape index (κ3) is 4.07. The lowest BCUT2D eigenvalue weighted by atomic mass is 9.47. The number of benzene rings is 1. The maximum Gasteiger partial charge on any atom is 0.282 e. The number of fused-ring (bicyclic) bond motifs is 5. The van der Waals surface area contributed by atoms with E-state index in [1.165, 1.54) is 29.2 Å². The van der Waals surface area contributed by atoms with E-state index >= 15 is 0 Å². The molecule has 1 heterocycles. The van der Waals surface area contributed by atoms with E-state index in [1.807, 2.05) is 26.8 Å². The Labute approximate surface area is 224 Å². The highest BCUT2D eigenvalue weighted by Crippen LogP contribution is 2.65. The van der Waals surface area contributed by atoms with E-state index in [9.17, 15) is 24.5 Å². The summed E-state index contributed by atoms with van der Waals surface area (Å²) in [7, 11) is 0. The minimum Gasteiger partial charge on any atom is -0.351 e. The van der Waals surface area contributed by atoms with E-state index in [-0.39, 0.29) is 46.0 Å². The molecular formula is C30H39N3O5. The predicted molar refractivity (Wildman–Crippen MR) is 143 cm³/mol. The van der Waals surface area contributed by atoms with Crippen molar-refractivity contribution in [2.45, 2.75) is 84.7 Å². The number of nitrogens with zero attached hydrogens (tertiary/aromatic N) is 2. The Bertz CT molecular complexity index is 1220. The Balaban J connectivity index is 1.43. The molecule has 1 N–H and O–H groups in total. The SMILES string of the molecule is CC(C)(C)NC(=O)C1CCC2C3CC[C@H]4N(C(=O)c5ccccc5[N+](=O)[O-])C(=O)C=C[C@]4(C)C3CC[C@]12C. The van der Waals surface area contributed by atoms with Gasteiger partial charge in [0.1, 0.15) is 5.56 Å². The van der Waals surface area contributed by atoms with E-state index in [2.05, 4.69) is 19.2 Å². The van der Waals surface area contributed by atoms with E-state index in [4.69, 9.17) is 0 Å². The number of carbonyl (C=O) groups is 3. The van der Waals surface area contributed by atoms with Crippen molar-refractivity contribution in [3.05, 3.63) is 52.1 Å². The van der Waals surface area contributed by atoms with Crippen molar-refractivity contribution >= 4 is 23.4 Å². The van der Waals surface area contributed by atoms with Crippen molar-refractivity contribution in [3.8, 4) is 0 Å². The number of amides is 3. The van der Waals surface area contributed by atoms with Gasteiger partial charge in [-0.25, -0.2) is 0 Å². The number of hydrogen-bond acceptors (Lipinski definition) is 5. The lowest BCUT2D eigenvalue weighted by molar-refractivity contribution is -0.385. The fraction of sp³-hybridized carbons (Fsp3) is 0.633. The summed E-state index contributed by atoms with van der Waals surface area (Å²) in [5, 5.41) is 14.8. The molecule has 1 aliphatic heterocycles. The van der Waals surface area contributed by atoms with E-state index in [1.54, 1.807) is 6.07 Å². The standard InChI is InChI=1S/C30H39N3O5/c1-28(2,3)31-26(35)22-12-11-20-18-10-13-24-30(5,21(18)14-16-29(20,22)4)17-15-25(34)32(24)27(36)19-8-6-7-9-23(19)33(37)38/h6-9,15,17-18,20-22,24H,10-14,16H2,1-5H3,(H,31,35)/t18?,20?,21?,22?,24-,29+,30-/m1/s1. The van der Waals surface area contributed by atoms with Crippen molar-refractivity contribution in [2.24, 2.45) is 34.5 Å². The zero-order chi connectivity index (χ0) is 27.6. The van der Waals surface area contributed by atoms with Gasteiger partial charge in [-0.2, -0.15) is 0 Å². The van der Waals surface area contributed by atoms with Crippen LogP contribution in [-0.4, -0.2) is 39.1 Å². The van der Waals surface area contributed by atoms with Crippen molar-refractivity contribution < 1.29 is 19.3 Å². The summed E-state index contributed by atoms with van der Waals surface area (Å²) in [6.07, 6.45) is 8.80.